The molecule has 0 bridgehead atoms. The first-order chi connectivity index (χ1) is 8.92. The molecule has 0 aliphatic rings. The Morgan fingerprint density at radius 2 is 2.16 bits per heavy atom. The van der Waals surface area contributed by atoms with E-state index in [1.54, 1.807) is 6.92 Å². The SMILES string of the molecule is CCn1cc(S(=O)(=O)Nc2ccc(F)cc2C)cn1. The summed E-state index contributed by atoms with van der Waals surface area (Å²) in [5.74, 6) is -0.403. The minimum absolute atomic E-state index is 0.0816. The Kier molecular flexibility index (Phi) is 3.57. The zero-order chi connectivity index (χ0) is 14.0. The fourth-order valence-corrected chi connectivity index (χ4v) is 2.68. The lowest BCUT2D eigenvalue weighted by atomic mass is 10.2. The number of aromatic nitrogens is 2. The number of nitrogens with one attached hydrogen (secondary N) is 1. The number of rotatable bonds is 4. The number of aryl methyl sites for hydroxylation is 2. The van der Waals surface area contributed by atoms with Gasteiger partial charge in [0, 0.05) is 12.7 Å². The molecule has 0 atom stereocenters. The van der Waals surface area contributed by atoms with E-state index in [-0.39, 0.29) is 4.90 Å². The molecule has 0 saturated heterocycles. The smallest absolute Gasteiger partial charge is 0.265 e. The lowest BCUT2D eigenvalue weighted by molar-refractivity contribution is 0.600. The van der Waals surface area contributed by atoms with E-state index >= 15 is 0 Å². The molecule has 0 saturated carbocycles. The summed E-state index contributed by atoms with van der Waals surface area (Å²) in [5.41, 5.74) is 0.872. The standard InChI is InChI=1S/C12H14FN3O2S/c1-3-16-8-11(7-14-16)19(17,18)15-12-5-4-10(13)6-9(12)2/h4-8,15H,3H2,1-2H3. The molecular formula is C12H14FN3O2S. The first kappa shape index (κ1) is 13.5. The molecular weight excluding hydrogens is 269 g/mol. The topological polar surface area (TPSA) is 64.0 Å². The van der Waals surface area contributed by atoms with E-state index < -0.39 is 15.8 Å². The molecule has 1 heterocycles. The van der Waals surface area contributed by atoms with Crippen LogP contribution in [0.25, 0.3) is 0 Å². The highest BCUT2D eigenvalue weighted by Crippen LogP contribution is 2.20. The highest BCUT2D eigenvalue weighted by Gasteiger charge is 2.17. The number of anilines is 1. The van der Waals surface area contributed by atoms with Gasteiger partial charge in [-0.3, -0.25) is 9.40 Å². The van der Waals surface area contributed by atoms with Crippen LogP contribution in [0.2, 0.25) is 0 Å². The second kappa shape index (κ2) is 5.00. The first-order valence-corrected chi connectivity index (χ1v) is 7.22. The normalized spacial score (nSPS) is 11.5. The number of hydrogen-bond donors (Lipinski definition) is 1. The van der Waals surface area contributed by atoms with Crippen LogP contribution in [0.5, 0.6) is 0 Å². The summed E-state index contributed by atoms with van der Waals surface area (Å²) in [6.45, 7) is 4.09. The summed E-state index contributed by atoms with van der Waals surface area (Å²) >= 11 is 0. The molecule has 2 aromatic rings. The molecule has 0 radical (unpaired) electrons. The van der Waals surface area contributed by atoms with Crippen molar-refractivity contribution in [2.24, 2.45) is 0 Å². The molecule has 0 spiro atoms. The number of sulfonamides is 1. The Labute approximate surface area is 111 Å². The molecule has 2 rings (SSSR count). The van der Waals surface area contributed by atoms with Crippen LogP contribution in [-0.4, -0.2) is 18.2 Å². The number of nitrogens with zero attached hydrogens (tertiary/aromatic N) is 2. The molecule has 19 heavy (non-hydrogen) atoms. The quantitative estimate of drug-likeness (QED) is 0.935. The summed E-state index contributed by atoms with van der Waals surface area (Å²) in [4.78, 5) is 0.0816. The highest BCUT2D eigenvalue weighted by atomic mass is 32.2. The maximum atomic E-state index is 13.0. The van der Waals surface area contributed by atoms with Crippen molar-refractivity contribution in [2.45, 2.75) is 25.3 Å². The van der Waals surface area contributed by atoms with Crippen LogP contribution in [0, 0.1) is 12.7 Å². The number of halogens is 1. The Bertz CT molecular complexity index is 695. The zero-order valence-corrected chi connectivity index (χ0v) is 11.4. The molecule has 0 aliphatic heterocycles. The van der Waals surface area contributed by atoms with E-state index in [1.807, 2.05) is 6.92 Å². The van der Waals surface area contributed by atoms with Crippen LogP contribution in [0.4, 0.5) is 10.1 Å². The maximum Gasteiger partial charge on any atom is 0.265 e. The third kappa shape index (κ3) is 2.93. The van der Waals surface area contributed by atoms with Gasteiger partial charge in [0.25, 0.3) is 10.0 Å². The largest absolute Gasteiger partial charge is 0.279 e. The van der Waals surface area contributed by atoms with E-state index in [0.29, 0.717) is 17.8 Å². The van der Waals surface area contributed by atoms with Gasteiger partial charge in [0.2, 0.25) is 0 Å². The first-order valence-electron chi connectivity index (χ1n) is 5.74. The fourth-order valence-electron chi connectivity index (χ4n) is 1.60. The van der Waals surface area contributed by atoms with Gasteiger partial charge in [-0.2, -0.15) is 5.10 Å². The van der Waals surface area contributed by atoms with Crippen molar-refractivity contribution in [1.29, 1.82) is 0 Å². The summed E-state index contributed by atoms with van der Waals surface area (Å²) in [6, 6.07) is 3.88. The van der Waals surface area contributed by atoms with Crippen molar-refractivity contribution in [2.75, 3.05) is 4.72 Å². The molecule has 5 nitrogen and oxygen atoms in total. The van der Waals surface area contributed by atoms with Crippen LogP contribution in [0.3, 0.4) is 0 Å². The summed E-state index contributed by atoms with van der Waals surface area (Å²) in [5, 5.41) is 3.92. The Hall–Kier alpha value is -1.89. The maximum absolute atomic E-state index is 13.0. The number of hydrogen-bond acceptors (Lipinski definition) is 3. The second-order valence-electron chi connectivity index (χ2n) is 4.10. The van der Waals surface area contributed by atoms with Gasteiger partial charge >= 0.3 is 0 Å². The van der Waals surface area contributed by atoms with E-state index in [0.717, 1.165) is 0 Å². The van der Waals surface area contributed by atoms with Crippen LogP contribution >= 0.6 is 0 Å². The molecule has 0 fully saturated rings. The molecule has 1 aromatic carbocycles. The fraction of sp³-hybridized carbons (Fsp3) is 0.250. The van der Waals surface area contributed by atoms with Gasteiger partial charge in [-0.05, 0) is 37.6 Å². The van der Waals surface area contributed by atoms with E-state index in [1.165, 1.54) is 35.3 Å². The lowest BCUT2D eigenvalue weighted by Crippen LogP contribution is -2.13. The molecule has 1 aromatic heterocycles. The van der Waals surface area contributed by atoms with Gasteiger partial charge in [0.1, 0.15) is 10.7 Å². The minimum atomic E-state index is -3.69. The van der Waals surface area contributed by atoms with Crippen molar-refractivity contribution in [3.63, 3.8) is 0 Å². The van der Waals surface area contributed by atoms with Gasteiger partial charge in [-0.25, -0.2) is 12.8 Å². The van der Waals surface area contributed by atoms with Gasteiger partial charge in [0.15, 0.2) is 0 Å². The Balaban J connectivity index is 2.30. The minimum Gasteiger partial charge on any atom is -0.279 e. The van der Waals surface area contributed by atoms with Crippen LogP contribution in [-0.2, 0) is 16.6 Å². The second-order valence-corrected chi connectivity index (χ2v) is 5.78. The predicted molar refractivity (Wildman–Crippen MR) is 69.8 cm³/mol. The molecule has 7 heteroatoms. The third-order valence-electron chi connectivity index (χ3n) is 2.68. The van der Waals surface area contributed by atoms with Crippen molar-refractivity contribution in [3.05, 3.63) is 42.0 Å². The van der Waals surface area contributed by atoms with Gasteiger partial charge < -0.3 is 0 Å². The van der Waals surface area contributed by atoms with Crippen molar-refractivity contribution in [1.82, 2.24) is 9.78 Å². The van der Waals surface area contributed by atoms with Crippen LogP contribution in [0.15, 0.2) is 35.5 Å². The average molecular weight is 283 g/mol. The lowest BCUT2D eigenvalue weighted by Gasteiger charge is -2.09. The van der Waals surface area contributed by atoms with Gasteiger partial charge in [-0.1, -0.05) is 0 Å². The Morgan fingerprint density at radius 3 is 2.74 bits per heavy atom. The van der Waals surface area contributed by atoms with Gasteiger partial charge in [0.05, 0.1) is 11.9 Å². The Morgan fingerprint density at radius 1 is 1.42 bits per heavy atom. The molecule has 0 amide bonds. The summed E-state index contributed by atoms with van der Waals surface area (Å²) < 4.78 is 41.1. The van der Waals surface area contributed by atoms with Crippen molar-refractivity contribution in [3.8, 4) is 0 Å². The number of benzene rings is 1. The third-order valence-corrected chi connectivity index (χ3v) is 4.00. The average Bonchev–Trinajstić information content (AvgIpc) is 2.82. The van der Waals surface area contributed by atoms with E-state index in [2.05, 4.69) is 9.82 Å². The van der Waals surface area contributed by atoms with Crippen LogP contribution < -0.4 is 4.72 Å². The molecule has 1 N–H and O–H groups in total. The van der Waals surface area contributed by atoms with E-state index in [9.17, 15) is 12.8 Å². The van der Waals surface area contributed by atoms with Crippen LogP contribution in [0.1, 0.15) is 12.5 Å². The van der Waals surface area contributed by atoms with E-state index in [4.69, 9.17) is 0 Å². The van der Waals surface area contributed by atoms with Gasteiger partial charge in [-0.15, -0.1) is 0 Å². The monoisotopic (exact) mass is 283 g/mol. The van der Waals surface area contributed by atoms with Crippen molar-refractivity contribution >= 4 is 15.7 Å². The predicted octanol–water partition coefficient (Wildman–Crippen LogP) is 2.15. The highest BCUT2D eigenvalue weighted by molar-refractivity contribution is 7.92. The molecule has 102 valence electrons. The zero-order valence-electron chi connectivity index (χ0n) is 10.6. The molecule has 0 aliphatic carbocycles. The van der Waals surface area contributed by atoms with Crippen molar-refractivity contribution < 1.29 is 12.8 Å². The summed E-state index contributed by atoms with van der Waals surface area (Å²) in [6.07, 6.45) is 2.73. The summed E-state index contributed by atoms with van der Waals surface area (Å²) in [7, 11) is -3.69. The molecule has 0 unspecified atom stereocenters.